The molecule has 1 unspecified atom stereocenters. The standard InChI is InChI=1S/C21H25N3O2/c1-3-17-9-7-8-14-24(17)21(26)19-15-16(12-13-22-19)20(25)23(2)18-10-5-4-6-11-18/h4-6,10-13,15,17H,3,7-9,14H2,1-2H3. The number of likely N-dealkylation sites (tertiary alicyclic amines) is 1. The molecular formula is C21H25N3O2. The van der Waals surface area contributed by atoms with Crippen LogP contribution in [0, 0.1) is 0 Å². The van der Waals surface area contributed by atoms with Gasteiger partial charge in [0.15, 0.2) is 0 Å². The summed E-state index contributed by atoms with van der Waals surface area (Å²) in [7, 11) is 1.73. The minimum absolute atomic E-state index is 0.0754. The predicted molar refractivity (Wildman–Crippen MR) is 102 cm³/mol. The van der Waals surface area contributed by atoms with Crippen LogP contribution in [0.5, 0.6) is 0 Å². The third-order valence-corrected chi connectivity index (χ3v) is 5.03. The number of carbonyl (C=O) groups is 2. The van der Waals surface area contributed by atoms with Gasteiger partial charge in [-0.3, -0.25) is 14.6 Å². The summed E-state index contributed by atoms with van der Waals surface area (Å²) >= 11 is 0. The van der Waals surface area contributed by atoms with Crippen molar-refractivity contribution in [3.05, 3.63) is 59.9 Å². The average molecular weight is 351 g/mol. The maximum atomic E-state index is 12.9. The molecule has 1 aromatic heterocycles. The van der Waals surface area contributed by atoms with Crippen molar-refractivity contribution < 1.29 is 9.59 Å². The van der Waals surface area contributed by atoms with Crippen molar-refractivity contribution in [3.8, 4) is 0 Å². The zero-order chi connectivity index (χ0) is 18.5. The Labute approximate surface area is 154 Å². The lowest BCUT2D eigenvalue weighted by Crippen LogP contribution is -2.43. The number of hydrogen-bond acceptors (Lipinski definition) is 3. The van der Waals surface area contributed by atoms with E-state index in [2.05, 4.69) is 11.9 Å². The minimum atomic E-state index is -0.154. The summed E-state index contributed by atoms with van der Waals surface area (Å²) in [4.78, 5) is 33.4. The Hall–Kier alpha value is -2.69. The van der Waals surface area contributed by atoms with Crippen molar-refractivity contribution in [1.29, 1.82) is 0 Å². The van der Waals surface area contributed by atoms with Gasteiger partial charge in [0.1, 0.15) is 5.69 Å². The summed E-state index contributed by atoms with van der Waals surface area (Å²) < 4.78 is 0. The molecule has 2 heterocycles. The van der Waals surface area contributed by atoms with Gasteiger partial charge in [-0.1, -0.05) is 25.1 Å². The average Bonchev–Trinajstić information content (AvgIpc) is 2.72. The fourth-order valence-electron chi connectivity index (χ4n) is 3.48. The summed E-state index contributed by atoms with van der Waals surface area (Å²) in [5.41, 5.74) is 1.63. The predicted octanol–water partition coefficient (Wildman–Crippen LogP) is 3.76. The molecule has 1 atom stereocenters. The number of carbonyl (C=O) groups excluding carboxylic acids is 2. The molecule has 3 rings (SSSR count). The van der Waals surface area contributed by atoms with Crippen LogP contribution in [0.25, 0.3) is 0 Å². The van der Waals surface area contributed by atoms with Crippen LogP contribution in [0.2, 0.25) is 0 Å². The van der Waals surface area contributed by atoms with Gasteiger partial charge in [-0.2, -0.15) is 0 Å². The number of piperidine rings is 1. The van der Waals surface area contributed by atoms with Crippen molar-refractivity contribution in [3.63, 3.8) is 0 Å². The van der Waals surface area contributed by atoms with E-state index < -0.39 is 0 Å². The molecule has 0 N–H and O–H groups in total. The SMILES string of the molecule is CCC1CCCCN1C(=O)c1cc(C(=O)N(C)c2ccccc2)ccn1. The topological polar surface area (TPSA) is 53.5 Å². The van der Waals surface area contributed by atoms with Crippen molar-refractivity contribution in [1.82, 2.24) is 9.88 Å². The van der Waals surface area contributed by atoms with Crippen LogP contribution < -0.4 is 4.90 Å². The van der Waals surface area contributed by atoms with E-state index in [0.717, 1.165) is 37.9 Å². The molecule has 26 heavy (non-hydrogen) atoms. The third-order valence-electron chi connectivity index (χ3n) is 5.03. The molecule has 1 aliphatic rings. The summed E-state index contributed by atoms with van der Waals surface area (Å²) in [5.74, 6) is -0.230. The summed E-state index contributed by atoms with van der Waals surface area (Å²) in [6.45, 7) is 2.87. The van der Waals surface area contributed by atoms with Crippen LogP contribution in [0.3, 0.4) is 0 Å². The van der Waals surface area contributed by atoms with E-state index in [1.165, 1.54) is 0 Å². The van der Waals surface area contributed by atoms with Crippen LogP contribution in [0.4, 0.5) is 5.69 Å². The highest BCUT2D eigenvalue weighted by molar-refractivity contribution is 6.07. The lowest BCUT2D eigenvalue weighted by molar-refractivity contribution is 0.0602. The van der Waals surface area contributed by atoms with Gasteiger partial charge in [-0.15, -0.1) is 0 Å². The second-order valence-electron chi connectivity index (χ2n) is 6.69. The molecule has 0 aliphatic carbocycles. The first kappa shape index (κ1) is 18.1. The highest BCUT2D eigenvalue weighted by Crippen LogP contribution is 2.22. The molecule has 0 saturated carbocycles. The zero-order valence-electron chi connectivity index (χ0n) is 15.4. The fraction of sp³-hybridized carbons (Fsp3) is 0.381. The molecule has 1 fully saturated rings. The quantitative estimate of drug-likeness (QED) is 0.843. The summed E-state index contributed by atoms with van der Waals surface area (Å²) in [6.07, 6.45) is 5.72. The van der Waals surface area contributed by atoms with Gasteiger partial charge in [0.2, 0.25) is 0 Å². The normalized spacial score (nSPS) is 17.0. The maximum Gasteiger partial charge on any atom is 0.272 e. The van der Waals surface area contributed by atoms with Crippen LogP contribution in [-0.2, 0) is 0 Å². The molecule has 2 aromatic rings. The number of aromatic nitrogens is 1. The van der Waals surface area contributed by atoms with Crippen molar-refractivity contribution in [2.75, 3.05) is 18.5 Å². The molecule has 0 radical (unpaired) electrons. The number of anilines is 1. The molecule has 0 bridgehead atoms. The third kappa shape index (κ3) is 3.77. The number of nitrogens with zero attached hydrogens (tertiary/aromatic N) is 3. The van der Waals surface area contributed by atoms with E-state index in [1.807, 2.05) is 35.2 Å². The smallest absolute Gasteiger partial charge is 0.272 e. The van der Waals surface area contributed by atoms with Crippen molar-refractivity contribution >= 4 is 17.5 Å². The number of para-hydroxylation sites is 1. The number of amides is 2. The molecule has 1 aromatic carbocycles. The maximum absolute atomic E-state index is 12.9. The zero-order valence-corrected chi connectivity index (χ0v) is 15.4. The summed E-state index contributed by atoms with van der Waals surface area (Å²) in [6, 6.07) is 13.0. The van der Waals surface area contributed by atoms with E-state index in [4.69, 9.17) is 0 Å². The highest BCUT2D eigenvalue weighted by Gasteiger charge is 2.27. The molecule has 1 saturated heterocycles. The molecule has 136 valence electrons. The highest BCUT2D eigenvalue weighted by atomic mass is 16.2. The molecule has 5 heteroatoms. The van der Waals surface area contributed by atoms with Gasteiger partial charge < -0.3 is 9.80 Å². The van der Waals surface area contributed by atoms with Gasteiger partial charge in [-0.25, -0.2) is 0 Å². The van der Waals surface area contributed by atoms with E-state index in [1.54, 1.807) is 30.3 Å². The van der Waals surface area contributed by atoms with Gasteiger partial charge in [0.25, 0.3) is 11.8 Å². The van der Waals surface area contributed by atoms with Gasteiger partial charge >= 0.3 is 0 Å². The van der Waals surface area contributed by atoms with Gasteiger partial charge in [0, 0.05) is 37.1 Å². The molecule has 1 aliphatic heterocycles. The lowest BCUT2D eigenvalue weighted by atomic mass is 9.99. The first-order chi connectivity index (χ1) is 12.6. The van der Waals surface area contributed by atoms with E-state index in [9.17, 15) is 9.59 Å². The van der Waals surface area contributed by atoms with E-state index >= 15 is 0 Å². The second-order valence-corrected chi connectivity index (χ2v) is 6.69. The number of rotatable bonds is 4. The van der Waals surface area contributed by atoms with Crippen LogP contribution in [-0.4, -0.2) is 41.3 Å². The molecule has 0 spiro atoms. The fourth-order valence-corrected chi connectivity index (χ4v) is 3.48. The molecule has 2 amide bonds. The van der Waals surface area contributed by atoms with Crippen molar-refractivity contribution in [2.45, 2.75) is 38.6 Å². The van der Waals surface area contributed by atoms with Crippen molar-refractivity contribution in [2.24, 2.45) is 0 Å². The molecule has 5 nitrogen and oxygen atoms in total. The lowest BCUT2D eigenvalue weighted by Gasteiger charge is -2.35. The van der Waals surface area contributed by atoms with Crippen LogP contribution >= 0.6 is 0 Å². The Kier molecular flexibility index (Phi) is 5.66. The van der Waals surface area contributed by atoms with Crippen LogP contribution in [0.1, 0.15) is 53.5 Å². The first-order valence-corrected chi connectivity index (χ1v) is 9.22. The van der Waals surface area contributed by atoms with Gasteiger partial charge in [0.05, 0.1) is 0 Å². The largest absolute Gasteiger partial charge is 0.334 e. The Morgan fingerprint density at radius 3 is 2.69 bits per heavy atom. The van der Waals surface area contributed by atoms with Crippen LogP contribution in [0.15, 0.2) is 48.7 Å². The Balaban J connectivity index is 1.81. The van der Waals surface area contributed by atoms with E-state index in [0.29, 0.717) is 11.3 Å². The summed E-state index contributed by atoms with van der Waals surface area (Å²) in [5, 5.41) is 0. The number of benzene rings is 1. The number of hydrogen-bond donors (Lipinski definition) is 0. The Bertz CT molecular complexity index is 776. The monoisotopic (exact) mass is 351 g/mol. The van der Waals surface area contributed by atoms with E-state index in [-0.39, 0.29) is 17.9 Å². The first-order valence-electron chi connectivity index (χ1n) is 9.22. The molecular weight excluding hydrogens is 326 g/mol. The Morgan fingerprint density at radius 2 is 1.96 bits per heavy atom. The number of pyridine rings is 1. The Morgan fingerprint density at radius 1 is 1.19 bits per heavy atom. The second kappa shape index (κ2) is 8.13. The minimum Gasteiger partial charge on any atom is -0.334 e. The van der Waals surface area contributed by atoms with Gasteiger partial charge in [-0.05, 0) is 49.9 Å².